The molecule has 0 rings (SSSR count). The molecule has 0 amide bonds. The van der Waals surface area contributed by atoms with Crippen molar-refractivity contribution in [2.24, 2.45) is 0 Å². The molecular formula is C26H55O4PS. The molecule has 32 heavy (non-hydrogen) atoms. The summed E-state index contributed by atoms with van der Waals surface area (Å²) in [4.78, 5) is 0. The van der Waals surface area contributed by atoms with E-state index in [4.69, 9.17) is 13.6 Å². The average molecular weight is 495 g/mol. The third-order valence-corrected chi connectivity index (χ3v) is 7.51. The quantitative estimate of drug-likeness (QED) is 0.0701. The van der Waals surface area contributed by atoms with Crippen molar-refractivity contribution in [2.75, 3.05) is 25.6 Å². The van der Waals surface area contributed by atoms with Crippen molar-refractivity contribution in [1.29, 1.82) is 0 Å². The molecule has 6 heteroatoms. The highest BCUT2D eigenvalue weighted by Crippen LogP contribution is 2.49. The fourth-order valence-electron chi connectivity index (χ4n) is 3.80. The van der Waals surface area contributed by atoms with E-state index >= 15 is 0 Å². The zero-order valence-electron chi connectivity index (χ0n) is 21.5. The Balaban J connectivity index is 3.70. The first-order valence-electron chi connectivity index (χ1n) is 13.8. The minimum atomic E-state index is -3.44. The fourth-order valence-corrected chi connectivity index (χ4v) is 5.28. The molecule has 0 radical (unpaired) electrons. The van der Waals surface area contributed by atoms with E-state index in [0.717, 1.165) is 25.7 Å². The number of phosphoric acid groups is 1. The summed E-state index contributed by atoms with van der Waals surface area (Å²) in [7, 11) is -3.44. The summed E-state index contributed by atoms with van der Waals surface area (Å²) < 4.78 is 29.3. The summed E-state index contributed by atoms with van der Waals surface area (Å²) in [5.41, 5.74) is 0. The third-order valence-electron chi connectivity index (χ3n) is 5.84. The second kappa shape index (κ2) is 26.1. The molecule has 194 valence electrons. The second-order valence-corrected chi connectivity index (χ2v) is 11.2. The molecule has 0 aromatic heterocycles. The van der Waals surface area contributed by atoms with Crippen molar-refractivity contribution < 1.29 is 18.1 Å². The lowest BCUT2D eigenvalue weighted by Crippen LogP contribution is -2.05. The topological polar surface area (TPSA) is 44.8 Å². The first-order chi connectivity index (χ1) is 15.7. The Kier molecular flexibility index (Phi) is 26.4. The number of unbranched alkanes of at least 4 members (excludes halogenated alkanes) is 18. The summed E-state index contributed by atoms with van der Waals surface area (Å²) in [6.07, 6.45) is 25.3. The predicted octanol–water partition coefficient (Wildman–Crippen LogP) is 9.92. The molecule has 4 nitrogen and oxygen atoms in total. The van der Waals surface area contributed by atoms with Gasteiger partial charge in [0, 0.05) is 5.75 Å². The molecule has 0 N–H and O–H groups in total. The van der Waals surface area contributed by atoms with Gasteiger partial charge in [-0.1, -0.05) is 129 Å². The molecule has 0 fully saturated rings. The lowest BCUT2D eigenvalue weighted by atomic mass is 10.1. The van der Waals surface area contributed by atoms with Crippen molar-refractivity contribution in [1.82, 2.24) is 0 Å². The maximum absolute atomic E-state index is 12.8. The molecule has 0 aliphatic rings. The molecule has 0 saturated heterocycles. The van der Waals surface area contributed by atoms with Crippen LogP contribution in [-0.2, 0) is 18.1 Å². The summed E-state index contributed by atoms with van der Waals surface area (Å²) in [5.74, 6) is 0.507. The zero-order chi connectivity index (χ0) is 23.6. The van der Waals surface area contributed by atoms with Gasteiger partial charge in [-0.25, -0.2) is 4.57 Å². The molecule has 0 aromatic rings. The average Bonchev–Trinajstić information content (AvgIpc) is 2.80. The van der Waals surface area contributed by atoms with Gasteiger partial charge in [0.15, 0.2) is 0 Å². The number of thiol groups is 1. The first kappa shape index (κ1) is 32.5. The van der Waals surface area contributed by atoms with Gasteiger partial charge in [0.25, 0.3) is 0 Å². The van der Waals surface area contributed by atoms with Crippen molar-refractivity contribution in [3.8, 4) is 0 Å². The standard InChI is InChI=1S/C26H55O4PS/c1-3-5-7-9-11-13-15-17-19-21-23-28-31(27,30-25-26-32)29-24-22-20-18-16-14-12-10-8-6-4-2/h32H,3-26H2,1-2H3. The van der Waals surface area contributed by atoms with Crippen LogP contribution >= 0.6 is 20.5 Å². The van der Waals surface area contributed by atoms with Gasteiger partial charge in [0.2, 0.25) is 0 Å². The minimum absolute atomic E-state index is 0.288. The van der Waals surface area contributed by atoms with Crippen LogP contribution < -0.4 is 0 Å². The summed E-state index contributed by atoms with van der Waals surface area (Å²) >= 11 is 4.14. The number of phosphoric ester groups is 1. The van der Waals surface area contributed by atoms with Crippen LogP contribution in [0.3, 0.4) is 0 Å². The summed E-state index contributed by atoms with van der Waals surface area (Å²) in [6.45, 7) is 5.69. The van der Waals surface area contributed by atoms with E-state index in [1.807, 2.05) is 0 Å². The van der Waals surface area contributed by atoms with Gasteiger partial charge in [-0.15, -0.1) is 0 Å². The van der Waals surface area contributed by atoms with Gasteiger partial charge in [0.05, 0.1) is 19.8 Å². The van der Waals surface area contributed by atoms with E-state index in [-0.39, 0.29) is 6.61 Å². The van der Waals surface area contributed by atoms with Gasteiger partial charge < -0.3 is 0 Å². The van der Waals surface area contributed by atoms with E-state index in [2.05, 4.69) is 26.5 Å². The van der Waals surface area contributed by atoms with Gasteiger partial charge >= 0.3 is 7.82 Å². The monoisotopic (exact) mass is 494 g/mol. The van der Waals surface area contributed by atoms with E-state index in [9.17, 15) is 4.57 Å². The smallest absolute Gasteiger partial charge is 0.287 e. The van der Waals surface area contributed by atoms with Gasteiger partial charge in [-0.2, -0.15) is 12.6 Å². The van der Waals surface area contributed by atoms with E-state index in [1.54, 1.807) is 0 Å². The first-order valence-corrected chi connectivity index (χ1v) is 15.9. The van der Waals surface area contributed by atoms with Crippen LogP contribution in [0, 0.1) is 0 Å². The predicted molar refractivity (Wildman–Crippen MR) is 143 cm³/mol. The number of hydrogen-bond donors (Lipinski definition) is 1. The van der Waals surface area contributed by atoms with Gasteiger partial charge in [-0.3, -0.25) is 13.6 Å². The van der Waals surface area contributed by atoms with Crippen LogP contribution in [0.5, 0.6) is 0 Å². The molecule has 0 unspecified atom stereocenters. The van der Waals surface area contributed by atoms with Crippen LogP contribution in [0.4, 0.5) is 0 Å². The summed E-state index contributed by atoms with van der Waals surface area (Å²) in [6, 6.07) is 0. The third kappa shape index (κ3) is 23.6. The van der Waals surface area contributed by atoms with Gasteiger partial charge in [-0.05, 0) is 12.8 Å². The molecular weight excluding hydrogens is 439 g/mol. The van der Waals surface area contributed by atoms with Crippen molar-refractivity contribution in [2.45, 2.75) is 142 Å². The lowest BCUT2D eigenvalue weighted by molar-refractivity contribution is 0.115. The van der Waals surface area contributed by atoms with Crippen molar-refractivity contribution in [3.63, 3.8) is 0 Å². The second-order valence-electron chi connectivity index (χ2n) is 9.03. The Morgan fingerprint density at radius 2 is 0.750 bits per heavy atom. The van der Waals surface area contributed by atoms with Gasteiger partial charge in [0.1, 0.15) is 0 Å². The van der Waals surface area contributed by atoms with E-state index < -0.39 is 7.82 Å². The molecule has 0 heterocycles. The molecule has 0 aromatic carbocycles. The Morgan fingerprint density at radius 3 is 1.06 bits per heavy atom. The minimum Gasteiger partial charge on any atom is -0.287 e. The SMILES string of the molecule is CCCCCCCCCCCCOP(=O)(OCCS)OCCCCCCCCCCCC. The van der Waals surface area contributed by atoms with Crippen LogP contribution in [0.15, 0.2) is 0 Å². The lowest BCUT2D eigenvalue weighted by Gasteiger charge is -2.17. The Bertz CT molecular complexity index is 379. The Hall–Kier alpha value is 0.460. The van der Waals surface area contributed by atoms with Crippen LogP contribution in [0.1, 0.15) is 142 Å². The molecule has 0 aliphatic carbocycles. The Labute approximate surface area is 206 Å². The van der Waals surface area contributed by atoms with E-state index in [0.29, 0.717) is 19.0 Å². The highest BCUT2D eigenvalue weighted by Gasteiger charge is 2.25. The maximum atomic E-state index is 12.8. The number of hydrogen-bond acceptors (Lipinski definition) is 5. The largest absolute Gasteiger partial charge is 0.474 e. The highest BCUT2D eigenvalue weighted by molar-refractivity contribution is 7.80. The number of rotatable bonds is 27. The molecule has 0 bridgehead atoms. The van der Waals surface area contributed by atoms with Crippen molar-refractivity contribution >= 4 is 20.5 Å². The Morgan fingerprint density at radius 1 is 0.469 bits per heavy atom. The maximum Gasteiger partial charge on any atom is 0.474 e. The van der Waals surface area contributed by atoms with E-state index in [1.165, 1.54) is 103 Å². The zero-order valence-corrected chi connectivity index (χ0v) is 23.3. The molecule has 0 spiro atoms. The molecule has 0 atom stereocenters. The molecule has 0 saturated carbocycles. The normalized spacial score (nSPS) is 12.0. The van der Waals surface area contributed by atoms with Crippen LogP contribution in [0.2, 0.25) is 0 Å². The highest BCUT2D eigenvalue weighted by atomic mass is 32.1. The molecule has 0 aliphatic heterocycles. The summed E-state index contributed by atoms with van der Waals surface area (Å²) in [5, 5.41) is 0. The van der Waals surface area contributed by atoms with Crippen LogP contribution in [-0.4, -0.2) is 25.6 Å². The van der Waals surface area contributed by atoms with Crippen molar-refractivity contribution in [3.05, 3.63) is 0 Å². The fraction of sp³-hybridized carbons (Fsp3) is 1.00. The van der Waals surface area contributed by atoms with Crippen LogP contribution in [0.25, 0.3) is 0 Å².